The minimum absolute atomic E-state index is 0. The predicted molar refractivity (Wildman–Crippen MR) is 115 cm³/mol. The van der Waals surface area contributed by atoms with Gasteiger partial charge in [0.05, 0.1) is 0 Å². The van der Waals surface area contributed by atoms with Crippen LogP contribution in [-0.4, -0.2) is 73.9 Å². The lowest BCUT2D eigenvalue weighted by atomic mass is 9.73. The van der Waals surface area contributed by atoms with E-state index in [-0.39, 0.29) is 36.4 Å². The van der Waals surface area contributed by atoms with Crippen LogP contribution in [0.1, 0.15) is 38.5 Å². The molecule has 1 aliphatic carbocycles. The molecule has 7 heteroatoms. The van der Waals surface area contributed by atoms with Crippen molar-refractivity contribution in [1.82, 2.24) is 15.1 Å². The van der Waals surface area contributed by atoms with Crippen LogP contribution in [0.25, 0.3) is 0 Å². The number of halogens is 1. The van der Waals surface area contributed by atoms with E-state index in [2.05, 4.69) is 21.5 Å². The van der Waals surface area contributed by atoms with E-state index in [1.54, 1.807) is 19.0 Å². The minimum atomic E-state index is 0. The van der Waals surface area contributed by atoms with Crippen LogP contribution in [0, 0.1) is 5.41 Å². The predicted octanol–water partition coefficient (Wildman–Crippen LogP) is 2.66. The molecule has 0 unspecified atom stereocenters. The number of nitrogens with one attached hydrogen (secondary N) is 1. The summed E-state index contributed by atoms with van der Waals surface area (Å²) in [6, 6.07) is 0. The zero-order valence-corrected chi connectivity index (χ0v) is 18.5. The molecule has 1 aliphatic heterocycles. The molecule has 2 fully saturated rings. The third-order valence-corrected chi connectivity index (χ3v) is 5.72. The lowest BCUT2D eigenvalue weighted by Crippen LogP contribution is -2.43. The van der Waals surface area contributed by atoms with E-state index >= 15 is 0 Å². The highest BCUT2D eigenvalue weighted by atomic mass is 127. The number of carbonyl (C=O) groups excluding carboxylic acids is 1. The molecule has 0 aromatic heterocycles. The second kappa shape index (κ2) is 10.7. The van der Waals surface area contributed by atoms with Crippen LogP contribution in [0.2, 0.25) is 0 Å². The van der Waals surface area contributed by atoms with E-state index in [4.69, 9.17) is 0 Å². The first kappa shape index (κ1) is 21.9. The van der Waals surface area contributed by atoms with E-state index in [0.29, 0.717) is 5.41 Å². The molecular weight excluding hydrogens is 435 g/mol. The first-order valence-electron chi connectivity index (χ1n) is 8.79. The quantitative estimate of drug-likeness (QED) is 0.292. The van der Waals surface area contributed by atoms with E-state index < -0.39 is 0 Å². The molecule has 24 heavy (non-hydrogen) atoms. The third-order valence-electron chi connectivity index (χ3n) is 5.10. The fourth-order valence-electron chi connectivity index (χ4n) is 3.64. The minimum Gasteiger partial charge on any atom is -0.355 e. The molecular formula is C17H33IN4OS. The molecule has 1 heterocycles. The summed E-state index contributed by atoms with van der Waals surface area (Å²) in [7, 11) is 3.57. The van der Waals surface area contributed by atoms with Crippen molar-refractivity contribution in [2.24, 2.45) is 10.4 Å². The van der Waals surface area contributed by atoms with Gasteiger partial charge in [0.2, 0.25) is 5.91 Å². The van der Waals surface area contributed by atoms with Crippen LogP contribution in [0.5, 0.6) is 0 Å². The Balaban J connectivity index is 0.00000288. The number of rotatable bonds is 5. The summed E-state index contributed by atoms with van der Waals surface area (Å²) in [5.41, 5.74) is 0.506. The molecule has 1 saturated heterocycles. The van der Waals surface area contributed by atoms with Gasteiger partial charge in [0.25, 0.3) is 0 Å². The normalized spacial score (nSPS) is 20.0. The molecule has 1 spiro atoms. The van der Waals surface area contributed by atoms with Crippen molar-refractivity contribution in [2.45, 2.75) is 38.5 Å². The molecule has 2 aliphatic rings. The van der Waals surface area contributed by atoms with Crippen molar-refractivity contribution in [1.29, 1.82) is 0 Å². The lowest BCUT2D eigenvalue weighted by Gasteiger charge is -2.33. The van der Waals surface area contributed by atoms with Gasteiger partial charge in [0, 0.05) is 39.5 Å². The van der Waals surface area contributed by atoms with Crippen molar-refractivity contribution < 1.29 is 4.79 Å². The molecule has 1 N–H and O–H groups in total. The summed E-state index contributed by atoms with van der Waals surface area (Å²) in [5.74, 6) is 2.04. The van der Waals surface area contributed by atoms with E-state index in [0.717, 1.165) is 31.3 Å². The zero-order chi connectivity index (χ0) is 16.7. The van der Waals surface area contributed by atoms with Gasteiger partial charge in [-0.15, -0.1) is 24.0 Å². The number of aliphatic imine (C=N–C) groups is 1. The van der Waals surface area contributed by atoms with Gasteiger partial charge in [-0.25, -0.2) is 4.99 Å². The second-order valence-corrected chi connectivity index (χ2v) is 8.07. The molecule has 0 radical (unpaired) electrons. The average molecular weight is 468 g/mol. The van der Waals surface area contributed by atoms with Crippen molar-refractivity contribution in [3.05, 3.63) is 0 Å². The SMILES string of the molecule is CSCCNC(=NCC(=O)N(C)C)N1CCC2(CCCCC2)C1.I. The summed E-state index contributed by atoms with van der Waals surface area (Å²) >= 11 is 1.83. The Morgan fingerprint density at radius 3 is 2.58 bits per heavy atom. The molecule has 0 aromatic carbocycles. The molecule has 0 aromatic rings. The van der Waals surface area contributed by atoms with Crippen LogP contribution < -0.4 is 5.32 Å². The van der Waals surface area contributed by atoms with Crippen molar-refractivity contribution in [2.75, 3.05) is 52.3 Å². The molecule has 140 valence electrons. The number of carbonyl (C=O) groups is 1. The number of thioether (sulfide) groups is 1. The van der Waals surface area contributed by atoms with Gasteiger partial charge in [-0.05, 0) is 30.9 Å². The van der Waals surface area contributed by atoms with E-state index in [9.17, 15) is 4.79 Å². The van der Waals surface area contributed by atoms with Crippen molar-refractivity contribution >= 4 is 47.6 Å². The standard InChI is InChI=1S/C17H32N4OS.HI/c1-20(2)15(22)13-19-16(18-10-12-23-3)21-11-9-17(14-21)7-5-4-6-8-17;/h4-14H2,1-3H3,(H,18,19);1H. The first-order valence-corrected chi connectivity index (χ1v) is 10.2. The Kier molecular flexibility index (Phi) is 9.77. The third kappa shape index (κ3) is 6.28. The van der Waals surface area contributed by atoms with Crippen LogP contribution in [0.3, 0.4) is 0 Å². The van der Waals surface area contributed by atoms with Crippen molar-refractivity contribution in [3.8, 4) is 0 Å². The van der Waals surface area contributed by atoms with Gasteiger partial charge >= 0.3 is 0 Å². The fourth-order valence-corrected chi connectivity index (χ4v) is 3.95. The Labute approximate surface area is 168 Å². The summed E-state index contributed by atoms with van der Waals surface area (Å²) in [5, 5.41) is 3.46. The van der Waals surface area contributed by atoms with E-state index in [1.165, 1.54) is 38.5 Å². The topological polar surface area (TPSA) is 47.9 Å². The van der Waals surface area contributed by atoms with Crippen LogP contribution >= 0.6 is 35.7 Å². The van der Waals surface area contributed by atoms with Crippen LogP contribution in [0.4, 0.5) is 0 Å². The Morgan fingerprint density at radius 2 is 1.96 bits per heavy atom. The summed E-state index contributed by atoms with van der Waals surface area (Å²) < 4.78 is 0. The Bertz CT molecular complexity index is 425. The lowest BCUT2D eigenvalue weighted by molar-refractivity contribution is -0.127. The van der Waals surface area contributed by atoms with Gasteiger partial charge in [-0.3, -0.25) is 4.79 Å². The van der Waals surface area contributed by atoms with Gasteiger partial charge in [0.1, 0.15) is 6.54 Å². The maximum absolute atomic E-state index is 11.9. The maximum Gasteiger partial charge on any atom is 0.243 e. The summed E-state index contributed by atoms with van der Waals surface area (Å²) in [6.07, 6.45) is 10.2. The number of nitrogens with zero attached hydrogens (tertiary/aromatic N) is 3. The zero-order valence-electron chi connectivity index (χ0n) is 15.3. The molecule has 0 atom stereocenters. The van der Waals surface area contributed by atoms with Gasteiger partial charge < -0.3 is 15.1 Å². The maximum atomic E-state index is 11.9. The smallest absolute Gasteiger partial charge is 0.243 e. The largest absolute Gasteiger partial charge is 0.355 e. The van der Waals surface area contributed by atoms with Crippen LogP contribution in [-0.2, 0) is 4.79 Å². The highest BCUT2D eigenvalue weighted by Gasteiger charge is 2.39. The first-order chi connectivity index (χ1) is 11.1. The second-order valence-electron chi connectivity index (χ2n) is 7.08. The fraction of sp³-hybridized carbons (Fsp3) is 0.882. The number of likely N-dealkylation sites (tertiary alicyclic amines) is 1. The van der Waals surface area contributed by atoms with Crippen molar-refractivity contribution in [3.63, 3.8) is 0 Å². The Morgan fingerprint density at radius 1 is 1.25 bits per heavy atom. The monoisotopic (exact) mass is 468 g/mol. The highest BCUT2D eigenvalue weighted by Crippen LogP contribution is 2.43. The summed E-state index contributed by atoms with van der Waals surface area (Å²) in [4.78, 5) is 20.5. The number of guanidine groups is 1. The van der Waals surface area contributed by atoms with Gasteiger partial charge in [0.15, 0.2) is 5.96 Å². The highest BCUT2D eigenvalue weighted by molar-refractivity contribution is 14.0. The average Bonchev–Trinajstić information content (AvgIpc) is 2.94. The molecule has 1 saturated carbocycles. The summed E-state index contributed by atoms with van der Waals surface area (Å²) in [6.45, 7) is 3.31. The van der Waals surface area contributed by atoms with Gasteiger partial charge in [-0.2, -0.15) is 11.8 Å². The molecule has 2 rings (SSSR count). The number of amides is 1. The Hall–Kier alpha value is -0.180. The number of hydrogen-bond donors (Lipinski definition) is 1. The molecule has 5 nitrogen and oxygen atoms in total. The molecule has 1 amide bonds. The number of hydrogen-bond acceptors (Lipinski definition) is 3. The number of likely N-dealkylation sites (N-methyl/N-ethyl adjacent to an activating group) is 1. The van der Waals surface area contributed by atoms with Crippen LogP contribution in [0.15, 0.2) is 4.99 Å². The molecule has 0 bridgehead atoms. The van der Waals surface area contributed by atoms with Gasteiger partial charge in [-0.1, -0.05) is 19.3 Å². The van der Waals surface area contributed by atoms with E-state index in [1.807, 2.05) is 11.8 Å².